The van der Waals surface area contributed by atoms with E-state index in [1.165, 1.54) is 5.56 Å². The van der Waals surface area contributed by atoms with Crippen LogP contribution in [0.2, 0.25) is 0 Å². The summed E-state index contributed by atoms with van der Waals surface area (Å²) < 4.78 is 11.0. The molecule has 1 rings (SSSR count). The summed E-state index contributed by atoms with van der Waals surface area (Å²) in [6.07, 6.45) is 0.876. The highest BCUT2D eigenvalue weighted by Gasteiger charge is 2.06. The number of guanidine groups is 1. The number of benzene rings is 1. The van der Waals surface area contributed by atoms with Crippen LogP contribution >= 0.6 is 0 Å². The smallest absolute Gasteiger partial charge is 0.191 e. The molecule has 0 saturated carbocycles. The van der Waals surface area contributed by atoms with Crippen molar-refractivity contribution in [2.75, 3.05) is 47.0 Å². The van der Waals surface area contributed by atoms with Crippen LogP contribution in [0.15, 0.2) is 23.2 Å². The average molecular weight is 379 g/mol. The minimum absolute atomic E-state index is 0.539. The molecule has 1 aromatic carbocycles. The Bertz CT molecular complexity index is 561. The molecule has 0 radical (unpaired) electrons. The van der Waals surface area contributed by atoms with Gasteiger partial charge in [0.2, 0.25) is 0 Å². The second kappa shape index (κ2) is 13.4. The molecule has 0 aliphatic heterocycles. The van der Waals surface area contributed by atoms with Gasteiger partial charge in [0.1, 0.15) is 5.75 Å². The molecule has 0 atom stereocenters. The largest absolute Gasteiger partial charge is 0.493 e. The van der Waals surface area contributed by atoms with Crippen molar-refractivity contribution in [1.82, 2.24) is 15.5 Å². The molecule has 1 aromatic rings. The fourth-order valence-corrected chi connectivity index (χ4v) is 2.43. The van der Waals surface area contributed by atoms with Crippen LogP contribution in [0.4, 0.5) is 0 Å². The number of aliphatic imine (C=N–C) groups is 1. The first-order valence-electron chi connectivity index (χ1n) is 9.91. The lowest BCUT2D eigenvalue weighted by atomic mass is 10.1. The lowest BCUT2D eigenvalue weighted by Crippen LogP contribution is -2.42. The highest BCUT2D eigenvalue weighted by molar-refractivity contribution is 5.79. The molecule has 0 saturated heterocycles. The van der Waals surface area contributed by atoms with Crippen LogP contribution in [0, 0.1) is 6.92 Å². The number of hydrogen-bond donors (Lipinski definition) is 2. The first-order chi connectivity index (χ1) is 13.0. The molecule has 0 spiro atoms. The molecular weight excluding hydrogens is 340 g/mol. The Balaban J connectivity index is 2.68. The second-order valence-electron chi connectivity index (χ2n) is 7.00. The van der Waals surface area contributed by atoms with E-state index in [2.05, 4.69) is 68.5 Å². The number of aryl methyl sites for hydroxylation is 1. The Hall–Kier alpha value is -1.79. The number of likely N-dealkylation sites (N-methyl/N-ethyl adjacent to an activating group) is 1. The van der Waals surface area contributed by atoms with Crippen LogP contribution in [0.1, 0.15) is 38.3 Å². The van der Waals surface area contributed by atoms with Gasteiger partial charge in [-0.25, -0.2) is 4.99 Å². The molecule has 6 heteroatoms. The maximum atomic E-state index is 5.95. The summed E-state index contributed by atoms with van der Waals surface area (Å²) in [4.78, 5) is 7.04. The molecule has 0 amide bonds. The maximum Gasteiger partial charge on any atom is 0.191 e. The van der Waals surface area contributed by atoms with E-state index in [0.717, 1.165) is 43.3 Å². The number of nitrogens with zero attached hydrogens (tertiary/aromatic N) is 2. The summed E-state index contributed by atoms with van der Waals surface area (Å²) in [6, 6.07) is 6.82. The molecule has 0 aliphatic rings. The predicted molar refractivity (Wildman–Crippen MR) is 114 cm³/mol. The van der Waals surface area contributed by atoms with E-state index >= 15 is 0 Å². The van der Waals surface area contributed by atoms with E-state index in [4.69, 9.17) is 14.5 Å². The van der Waals surface area contributed by atoms with Gasteiger partial charge in [0, 0.05) is 51.4 Å². The van der Waals surface area contributed by atoms with Crippen LogP contribution in [0.5, 0.6) is 5.75 Å². The molecule has 154 valence electrons. The fourth-order valence-electron chi connectivity index (χ4n) is 2.43. The average Bonchev–Trinajstić information content (AvgIpc) is 2.64. The summed E-state index contributed by atoms with van der Waals surface area (Å²) in [6.45, 7) is 13.1. The van der Waals surface area contributed by atoms with Gasteiger partial charge in [0.25, 0.3) is 0 Å². The van der Waals surface area contributed by atoms with Gasteiger partial charge in [-0.15, -0.1) is 0 Å². The molecule has 0 aromatic heterocycles. The van der Waals surface area contributed by atoms with Crippen molar-refractivity contribution in [1.29, 1.82) is 0 Å². The number of rotatable bonds is 12. The third-order valence-electron chi connectivity index (χ3n) is 4.36. The zero-order chi connectivity index (χ0) is 20.1. The van der Waals surface area contributed by atoms with Crippen LogP contribution < -0.4 is 15.4 Å². The molecule has 0 heterocycles. The van der Waals surface area contributed by atoms with Crippen molar-refractivity contribution in [2.24, 2.45) is 4.99 Å². The van der Waals surface area contributed by atoms with Gasteiger partial charge in [-0.3, -0.25) is 0 Å². The normalized spacial score (nSPS) is 11.9. The standard InChI is InChI=1S/C21H38N4O2/c1-7-22-21(23-11-12-25(5)17(2)3)24-16-19-10-9-18(4)15-20(19)27-14-8-13-26-6/h9-10,15,17H,7-8,11-14,16H2,1-6H3,(H2,22,23,24). The zero-order valence-electron chi connectivity index (χ0n) is 18.0. The van der Waals surface area contributed by atoms with Crippen LogP contribution in [0.3, 0.4) is 0 Å². The predicted octanol–water partition coefficient (Wildman–Crippen LogP) is 2.81. The van der Waals surface area contributed by atoms with Crippen LogP contribution in [0.25, 0.3) is 0 Å². The number of hydrogen-bond acceptors (Lipinski definition) is 4. The third-order valence-corrected chi connectivity index (χ3v) is 4.36. The third kappa shape index (κ3) is 9.63. The Morgan fingerprint density at radius 3 is 2.67 bits per heavy atom. The number of ether oxygens (including phenoxy) is 2. The second-order valence-corrected chi connectivity index (χ2v) is 7.00. The summed E-state index contributed by atoms with van der Waals surface area (Å²) in [5, 5.41) is 6.72. The Morgan fingerprint density at radius 2 is 2.00 bits per heavy atom. The molecule has 0 unspecified atom stereocenters. The molecular formula is C21H38N4O2. The zero-order valence-corrected chi connectivity index (χ0v) is 18.0. The van der Waals surface area contributed by atoms with E-state index in [0.29, 0.717) is 25.8 Å². The highest BCUT2D eigenvalue weighted by Crippen LogP contribution is 2.21. The van der Waals surface area contributed by atoms with Gasteiger partial charge in [-0.1, -0.05) is 12.1 Å². The van der Waals surface area contributed by atoms with Crippen molar-refractivity contribution < 1.29 is 9.47 Å². The SMILES string of the molecule is CCNC(=NCc1ccc(C)cc1OCCCOC)NCCN(C)C(C)C. The molecule has 0 aliphatic carbocycles. The molecule has 0 bridgehead atoms. The summed E-state index contributed by atoms with van der Waals surface area (Å²) in [5.74, 6) is 1.74. The van der Waals surface area contributed by atoms with Crippen LogP contribution in [-0.4, -0.2) is 63.9 Å². The van der Waals surface area contributed by atoms with Gasteiger partial charge in [0.15, 0.2) is 5.96 Å². The lowest BCUT2D eigenvalue weighted by Gasteiger charge is -2.21. The van der Waals surface area contributed by atoms with E-state index in [1.54, 1.807) is 7.11 Å². The Kier molecular flexibility index (Phi) is 11.5. The monoisotopic (exact) mass is 378 g/mol. The van der Waals surface area contributed by atoms with Crippen molar-refractivity contribution in [3.05, 3.63) is 29.3 Å². The Morgan fingerprint density at radius 1 is 1.22 bits per heavy atom. The summed E-state index contributed by atoms with van der Waals surface area (Å²) in [5.41, 5.74) is 2.28. The fraction of sp³-hybridized carbons (Fsp3) is 0.667. The van der Waals surface area contributed by atoms with Gasteiger partial charge in [-0.05, 0) is 46.4 Å². The van der Waals surface area contributed by atoms with E-state index in [-0.39, 0.29) is 0 Å². The molecule has 2 N–H and O–H groups in total. The first-order valence-corrected chi connectivity index (χ1v) is 9.91. The topological polar surface area (TPSA) is 58.1 Å². The van der Waals surface area contributed by atoms with Crippen molar-refractivity contribution in [3.63, 3.8) is 0 Å². The minimum atomic E-state index is 0.539. The van der Waals surface area contributed by atoms with E-state index in [9.17, 15) is 0 Å². The van der Waals surface area contributed by atoms with Crippen LogP contribution in [-0.2, 0) is 11.3 Å². The van der Waals surface area contributed by atoms with E-state index < -0.39 is 0 Å². The number of methoxy groups -OCH3 is 1. The summed E-state index contributed by atoms with van der Waals surface area (Å²) in [7, 11) is 3.84. The quantitative estimate of drug-likeness (QED) is 0.333. The van der Waals surface area contributed by atoms with E-state index in [1.807, 2.05) is 0 Å². The summed E-state index contributed by atoms with van der Waals surface area (Å²) >= 11 is 0. The molecule has 27 heavy (non-hydrogen) atoms. The van der Waals surface area contributed by atoms with Gasteiger partial charge in [-0.2, -0.15) is 0 Å². The maximum absolute atomic E-state index is 5.95. The van der Waals surface area contributed by atoms with Gasteiger partial charge in [0.05, 0.1) is 13.2 Å². The van der Waals surface area contributed by atoms with Crippen molar-refractivity contribution in [2.45, 2.75) is 46.7 Å². The van der Waals surface area contributed by atoms with Crippen molar-refractivity contribution in [3.8, 4) is 5.75 Å². The lowest BCUT2D eigenvalue weighted by molar-refractivity contribution is 0.172. The Labute approximate surface area is 165 Å². The van der Waals surface area contributed by atoms with Crippen molar-refractivity contribution >= 4 is 5.96 Å². The molecule has 6 nitrogen and oxygen atoms in total. The first kappa shape index (κ1) is 23.2. The van der Waals surface area contributed by atoms with Gasteiger partial charge >= 0.3 is 0 Å². The molecule has 0 fully saturated rings. The van der Waals surface area contributed by atoms with Gasteiger partial charge < -0.3 is 25.0 Å². The highest BCUT2D eigenvalue weighted by atomic mass is 16.5. The minimum Gasteiger partial charge on any atom is -0.493 e. The number of nitrogens with one attached hydrogen (secondary N) is 2.